The SMILES string of the molecule is O=C(O)c1ccc(CSc2ncccn2)s1. The van der Waals surface area contributed by atoms with Crippen molar-refractivity contribution >= 4 is 29.1 Å². The topological polar surface area (TPSA) is 63.1 Å². The molecule has 1 N–H and O–H groups in total. The molecule has 0 bridgehead atoms. The number of hydrogen-bond donors (Lipinski definition) is 1. The molecule has 0 aliphatic rings. The van der Waals surface area contributed by atoms with Crippen LogP contribution in [0.1, 0.15) is 14.5 Å². The maximum Gasteiger partial charge on any atom is 0.345 e. The molecule has 0 radical (unpaired) electrons. The van der Waals surface area contributed by atoms with Crippen molar-refractivity contribution in [1.82, 2.24) is 9.97 Å². The molecule has 0 saturated carbocycles. The molecule has 82 valence electrons. The molecule has 2 rings (SSSR count). The van der Waals surface area contributed by atoms with Gasteiger partial charge in [0.2, 0.25) is 0 Å². The molecule has 2 aromatic heterocycles. The summed E-state index contributed by atoms with van der Waals surface area (Å²) in [5, 5.41) is 9.46. The summed E-state index contributed by atoms with van der Waals surface area (Å²) in [6, 6.07) is 5.20. The highest BCUT2D eigenvalue weighted by Gasteiger charge is 2.07. The van der Waals surface area contributed by atoms with Crippen LogP contribution >= 0.6 is 23.1 Å². The summed E-state index contributed by atoms with van der Waals surface area (Å²) in [5.74, 6) is -0.181. The van der Waals surface area contributed by atoms with Gasteiger partial charge >= 0.3 is 5.97 Å². The lowest BCUT2D eigenvalue weighted by Crippen LogP contribution is -1.89. The molecule has 0 saturated heterocycles. The predicted octanol–water partition coefficient (Wildman–Crippen LogP) is 2.53. The molecule has 2 aromatic rings. The summed E-state index contributed by atoms with van der Waals surface area (Å²) in [5.41, 5.74) is 0. The molecule has 0 aliphatic heterocycles. The van der Waals surface area contributed by atoms with Crippen LogP contribution in [-0.4, -0.2) is 21.0 Å². The zero-order chi connectivity index (χ0) is 11.4. The second-order valence-electron chi connectivity index (χ2n) is 2.89. The van der Waals surface area contributed by atoms with Gasteiger partial charge in [0.15, 0.2) is 5.16 Å². The summed E-state index contributed by atoms with van der Waals surface area (Å²) < 4.78 is 0. The van der Waals surface area contributed by atoms with Crippen molar-refractivity contribution in [1.29, 1.82) is 0 Å². The molecule has 0 atom stereocenters. The highest BCUT2D eigenvalue weighted by molar-refractivity contribution is 7.98. The zero-order valence-corrected chi connectivity index (χ0v) is 9.79. The first-order chi connectivity index (χ1) is 7.75. The number of thioether (sulfide) groups is 1. The Morgan fingerprint density at radius 1 is 1.38 bits per heavy atom. The van der Waals surface area contributed by atoms with Crippen LogP contribution in [0.15, 0.2) is 35.7 Å². The molecule has 0 fully saturated rings. The molecule has 4 nitrogen and oxygen atoms in total. The van der Waals surface area contributed by atoms with E-state index >= 15 is 0 Å². The van der Waals surface area contributed by atoms with E-state index in [4.69, 9.17) is 5.11 Å². The fraction of sp³-hybridized carbons (Fsp3) is 0.100. The Morgan fingerprint density at radius 2 is 2.12 bits per heavy atom. The Bertz CT molecular complexity index is 485. The monoisotopic (exact) mass is 252 g/mol. The van der Waals surface area contributed by atoms with Gasteiger partial charge in [-0.3, -0.25) is 0 Å². The molecule has 0 unspecified atom stereocenters. The number of carbonyl (C=O) groups is 1. The summed E-state index contributed by atoms with van der Waals surface area (Å²) >= 11 is 2.78. The third kappa shape index (κ3) is 2.80. The molecule has 0 aliphatic carbocycles. The standard InChI is InChI=1S/C10H8N2O2S2/c13-9(14)8-3-2-7(16-8)6-15-10-11-4-1-5-12-10/h1-5H,6H2,(H,13,14). The molecule has 6 heteroatoms. The number of carboxylic acids is 1. The minimum atomic E-state index is -0.878. The molecule has 0 aromatic carbocycles. The number of nitrogens with zero attached hydrogens (tertiary/aromatic N) is 2. The average Bonchev–Trinajstić information content (AvgIpc) is 2.76. The first-order valence-electron chi connectivity index (χ1n) is 4.47. The van der Waals surface area contributed by atoms with E-state index in [0.717, 1.165) is 4.88 Å². The average molecular weight is 252 g/mol. The van der Waals surface area contributed by atoms with Crippen molar-refractivity contribution < 1.29 is 9.90 Å². The molecule has 16 heavy (non-hydrogen) atoms. The maximum absolute atomic E-state index is 10.7. The maximum atomic E-state index is 10.7. The number of hydrogen-bond acceptors (Lipinski definition) is 5. The molecule has 0 spiro atoms. The van der Waals surface area contributed by atoms with E-state index in [-0.39, 0.29) is 0 Å². The van der Waals surface area contributed by atoms with Crippen LogP contribution in [0, 0.1) is 0 Å². The first-order valence-corrected chi connectivity index (χ1v) is 6.28. The van der Waals surface area contributed by atoms with Crippen LogP contribution in [0.2, 0.25) is 0 Å². The smallest absolute Gasteiger partial charge is 0.345 e. The van der Waals surface area contributed by atoms with E-state index < -0.39 is 5.97 Å². The second-order valence-corrected chi connectivity index (χ2v) is 5.00. The van der Waals surface area contributed by atoms with Crippen LogP contribution in [0.25, 0.3) is 0 Å². The van der Waals surface area contributed by atoms with E-state index in [1.54, 1.807) is 24.5 Å². The zero-order valence-electron chi connectivity index (χ0n) is 8.16. The highest BCUT2D eigenvalue weighted by atomic mass is 32.2. The Hall–Kier alpha value is -1.40. The Kier molecular flexibility index (Phi) is 3.53. The van der Waals surface area contributed by atoms with Crippen molar-refractivity contribution in [3.8, 4) is 0 Å². The number of thiophene rings is 1. The van der Waals surface area contributed by atoms with Crippen molar-refractivity contribution in [2.75, 3.05) is 0 Å². The largest absolute Gasteiger partial charge is 0.477 e. The van der Waals surface area contributed by atoms with Gasteiger partial charge in [0.1, 0.15) is 4.88 Å². The minimum Gasteiger partial charge on any atom is -0.477 e. The van der Waals surface area contributed by atoms with Crippen LogP contribution < -0.4 is 0 Å². The third-order valence-corrected chi connectivity index (χ3v) is 3.94. The van der Waals surface area contributed by atoms with E-state index in [1.807, 2.05) is 6.07 Å². The number of aromatic nitrogens is 2. The highest BCUT2D eigenvalue weighted by Crippen LogP contribution is 2.24. The van der Waals surface area contributed by atoms with Gasteiger partial charge < -0.3 is 5.11 Å². The lowest BCUT2D eigenvalue weighted by atomic mass is 10.4. The second kappa shape index (κ2) is 5.09. The number of carboxylic acid groups (broad SMARTS) is 1. The summed E-state index contributed by atoms with van der Waals surface area (Å²) in [4.78, 5) is 20.2. The summed E-state index contributed by atoms with van der Waals surface area (Å²) in [7, 11) is 0. The molecule has 0 amide bonds. The van der Waals surface area contributed by atoms with Crippen molar-refractivity contribution in [3.05, 3.63) is 40.3 Å². The summed E-state index contributed by atoms with van der Waals surface area (Å²) in [6.07, 6.45) is 3.37. The normalized spacial score (nSPS) is 10.2. The van der Waals surface area contributed by atoms with Gasteiger partial charge in [0.25, 0.3) is 0 Å². The first kappa shape index (κ1) is 11.1. The van der Waals surface area contributed by atoms with Crippen molar-refractivity contribution in [2.24, 2.45) is 0 Å². The van der Waals surface area contributed by atoms with E-state index in [2.05, 4.69) is 9.97 Å². The van der Waals surface area contributed by atoms with E-state index in [9.17, 15) is 4.79 Å². The van der Waals surface area contributed by atoms with E-state index in [1.165, 1.54) is 23.1 Å². The lowest BCUT2D eigenvalue weighted by molar-refractivity contribution is 0.0702. The van der Waals surface area contributed by atoms with E-state index in [0.29, 0.717) is 15.8 Å². The Labute approximate surface area is 100 Å². The minimum absolute atomic E-state index is 0.365. The Morgan fingerprint density at radius 3 is 2.75 bits per heavy atom. The summed E-state index contributed by atoms with van der Waals surface area (Å²) in [6.45, 7) is 0. The van der Waals surface area contributed by atoms with Gasteiger partial charge in [-0.05, 0) is 18.2 Å². The van der Waals surface area contributed by atoms with Gasteiger partial charge in [0, 0.05) is 23.0 Å². The fourth-order valence-corrected chi connectivity index (χ4v) is 2.76. The molecular formula is C10H8N2O2S2. The van der Waals surface area contributed by atoms with Crippen LogP contribution in [-0.2, 0) is 5.75 Å². The molecule has 2 heterocycles. The van der Waals surface area contributed by atoms with Gasteiger partial charge in [-0.15, -0.1) is 11.3 Å². The van der Waals surface area contributed by atoms with Gasteiger partial charge in [0.05, 0.1) is 0 Å². The predicted molar refractivity (Wildman–Crippen MR) is 62.9 cm³/mol. The molecular weight excluding hydrogens is 244 g/mol. The number of rotatable bonds is 4. The van der Waals surface area contributed by atoms with Gasteiger partial charge in [-0.1, -0.05) is 11.8 Å². The van der Waals surface area contributed by atoms with Gasteiger partial charge in [-0.2, -0.15) is 0 Å². The Balaban J connectivity index is 1.97. The quantitative estimate of drug-likeness (QED) is 0.669. The number of aromatic carboxylic acids is 1. The fourth-order valence-electron chi connectivity index (χ4n) is 1.07. The lowest BCUT2D eigenvalue weighted by Gasteiger charge is -1.95. The van der Waals surface area contributed by atoms with Crippen LogP contribution in [0.3, 0.4) is 0 Å². The van der Waals surface area contributed by atoms with Crippen molar-refractivity contribution in [2.45, 2.75) is 10.9 Å². The third-order valence-electron chi connectivity index (χ3n) is 1.76. The van der Waals surface area contributed by atoms with Gasteiger partial charge in [-0.25, -0.2) is 14.8 Å². The van der Waals surface area contributed by atoms with Crippen molar-refractivity contribution in [3.63, 3.8) is 0 Å². The van der Waals surface area contributed by atoms with Crippen LogP contribution in [0.4, 0.5) is 0 Å². The van der Waals surface area contributed by atoms with Crippen LogP contribution in [0.5, 0.6) is 0 Å².